The number of carbonyl (C=O) groups excluding carboxylic acids is 2. The third-order valence-corrected chi connectivity index (χ3v) is 8.10. The Morgan fingerprint density at radius 2 is 1.97 bits per heavy atom. The van der Waals surface area contributed by atoms with Crippen molar-refractivity contribution in [1.29, 1.82) is 0 Å². The van der Waals surface area contributed by atoms with Gasteiger partial charge in [-0.15, -0.1) is 11.3 Å². The van der Waals surface area contributed by atoms with Gasteiger partial charge < -0.3 is 14.5 Å². The summed E-state index contributed by atoms with van der Waals surface area (Å²) in [5.41, 5.74) is 4.16. The van der Waals surface area contributed by atoms with Gasteiger partial charge in [-0.2, -0.15) is 0 Å². The van der Waals surface area contributed by atoms with Gasteiger partial charge in [0, 0.05) is 24.5 Å². The van der Waals surface area contributed by atoms with Crippen LogP contribution in [0.25, 0.3) is 11.1 Å². The molecular weight excluding hydrogens is 494 g/mol. The minimum atomic E-state index is -0.471. The minimum Gasteiger partial charge on any atom is -0.462 e. The van der Waals surface area contributed by atoms with Crippen LogP contribution in [0.2, 0.25) is 0 Å². The number of nitrogens with zero attached hydrogens (tertiary/aromatic N) is 2. The van der Waals surface area contributed by atoms with Crippen LogP contribution in [0.4, 0.5) is 5.00 Å². The molecule has 186 valence electrons. The smallest absolute Gasteiger partial charge is 0.341 e. The molecule has 1 aliphatic rings. The predicted molar refractivity (Wildman–Crippen MR) is 142 cm³/mol. The van der Waals surface area contributed by atoms with Gasteiger partial charge >= 0.3 is 5.97 Å². The summed E-state index contributed by atoms with van der Waals surface area (Å²) >= 11 is 2.71. The molecule has 5 rings (SSSR count). The number of ether oxygens (including phenoxy) is 1. The molecule has 0 unspecified atom stereocenters. The van der Waals surface area contributed by atoms with Crippen LogP contribution < -0.4 is 5.32 Å². The number of fused-ring (bicyclic) bond motifs is 2. The number of benzene rings is 2. The molecule has 2 aromatic carbocycles. The normalized spacial score (nSPS) is 14.4. The van der Waals surface area contributed by atoms with Gasteiger partial charge in [-0.25, -0.2) is 9.78 Å². The zero-order valence-corrected chi connectivity index (χ0v) is 21.8. The number of rotatable bonds is 8. The van der Waals surface area contributed by atoms with Crippen LogP contribution in [0.1, 0.15) is 40.2 Å². The van der Waals surface area contributed by atoms with E-state index >= 15 is 0 Å². The fourth-order valence-electron chi connectivity index (χ4n) is 4.26. The van der Waals surface area contributed by atoms with Crippen LogP contribution in [-0.4, -0.2) is 40.2 Å². The number of hydrogen-bond acceptors (Lipinski definition) is 8. The first-order valence-corrected chi connectivity index (χ1v) is 13.6. The Labute approximate surface area is 217 Å². The largest absolute Gasteiger partial charge is 0.462 e. The molecule has 0 fully saturated rings. The van der Waals surface area contributed by atoms with Gasteiger partial charge in [-0.1, -0.05) is 54.2 Å². The van der Waals surface area contributed by atoms with Crippen molar-refractivity contribution in [2.24, 2.45) is 0 Å². The predicted octanol–water partition coefficient (Wildman–Crippen LogP) is 5.74. The van der Waals surface area contributed by atoms with Crippen LogP contribution in [0.15, 0.2) is 64.2 Å². The molecule has 9 heteroatoms. The van der Waals surface area contributed by atoms with E-state index < -0.39 is 5.25 Å². The summed E-state index contributed by atoms with van der Waals surface area (Å²) in [6, 6.07) is 17.8. The molecule has 2 aromatic heterocycles. The number of nitrogens with one attached hydrogen (secondary N) is 1. The Balaban J connectivity index is 1.33. The lowest BCUT2D eigenvalue weighted by Gasteiger charge is -2.27. The monoisotopic (exact) mass is 521 g/mol. The number of anilines is 1. The highest BCUT2D eigenvalue weighted by atomic mass is 32.2. The van der Waals surface area contributed by atoms with Crippen LogP contribution in [-0.2, 0) is 29.0 Å². The second kappa shape index (κ2) is 10.9. The fraction of sp³-hybridized carbons (Fsp3) is 0.296. The Bertz CT molecular complexity index is 1350. The molecular formula is C27H27N3O4S2. The number of thioether (sulfide) groups is 1. The Kier molecular flexibility index (Phi) is 7.41. The molecule has 0 aliphatic carbocycles. The van der Waals surface area contributed by atoms with Gasteiger partial charge in [-0.05, 0) is 43.5 Å². The molecule has 7 nitrogen and oxygen atoms in total. The highest BCUT2D eigenvalue weighted by Crippen LogP contribution is 2.38. The van der Waals surface area contributed by atoms with Crippen LogP contribution in [0, 0.1) is 0 Å². The fourth-order valence-corrected chi connectivity index (χ4v) is 6.30. The number of oxazole rings is 1. The third-order valence-electron chi connectivity index (χ3n) is 6.02. The summed E-state index contributed by atoms with van der Waals surface area (Å²) in [5, 5.41) is 3.51. The molecule has 1 N–H and O–H groups in total. The number of hydrogen-bond donors (Lipinski definition) is 1. The number of carbonyl (C=O) groups is 2. The second-order valence-electron chi connectivity index (χ2n) is 8.57. The van der Waals surface area contributed by atoms with E-state index in [1.54, 1.807) is 13.8 Å². The van der Waals surface area contributed by atoms with Crippen molar-refractivity contribution in [3.8, 4) is 0 Å². The maximum atomic E-state index is 13.1. The Morgan fingerprint density at radius 1 is 1.19 bits per heavy atom. The van der Waals surface area contributed by atoms with Gasteiger partial charge in [0.2, 0.25) is 5.91 Å². The van der Waals surface area contributed by atoms with Crippen molar-refractivity contribution < 1.29 is 18.7 Å². The number of para-hydroxylation sites is 2. The number of aromatic nitrogens is 1. The molecule has 36 heavy (non-hydrogen) atoms. The second-order valence-corrected chi connectivity index (χ2v) is 11.0. The Morgan fingerprint density at radius 3 is 2.75 bits per heavy atom. The first kappa shape index (κ1) is 24.5. The van der Waals surface area contributed by atoms with Gasteiger partial charge in [0.15, 0.2) is 5.58 Å². The van der Waals surface area contributed by atoms with Crippen LogP contribution >= 0.6 is 23.1 Å². The summed E-state index contributed by atoms with van der Waals surface area (Å²) in [6.45, 7) is 6.27. The van der Waals surface area contributed by atoms with Crippen LogP contribution in [0.3, 0.4) is 0 Å². The summed E-state index contributed by atoms with van der Waals surface area (Å²) in [6.07, 6.45) is 0.732. The summed E-state index contributed by atoms with van der Waals surface area (Å²) in [7, 11) is 0. The van der Waals surface area contributed by atoms with E-state index in [4.69, 9.17) is 9.15 Å². The summed E-state index contributed by atoms with van der Waals surface area (Å²) < 4.78 is 11.1. The summed E-state index contributed by atoms with van der Waals surface area (Å²) in [4.78, 5) is 33.9. The zero-order valence-electron chi connectivity index (χ0n) is 20.2. The first-order valence-electron chi connectivity index (χ1n) is 11.9. The van der Waals surface area contributed by atoms with Crippen molar-refractivity contribution in [2.75, 3.05) is 18.5 Å². The van der Waals surface area contributed by atoms with Crippen molar-refractivity contribution in [3.05, 3.63) is 76.2 Å². The first-order chi connectivity index (χ1) is 17.5. The molecule has 0 saturated carbocycles. The van der Waals surface area contributed by atoms with E-state index in [0.29, 0.717) is 21.4 Å². The molecule has 0 saturated heterocycles. The van der Waals surface area contributed by atoms with Crippen molar-refractivity contribution in [3.63, 3.8) is 0 Å². The molecule has 1 aliphatic heterocycles. The average Bonchev–Trinajstić information content (AvgIpc) is 3.44. The lowest BCUT2D eigenvalue weighted by Crippen LogP contribution is -2.30. The molecule has 0 bridgehead atoms. The number of esters is 1. The van der Waals surface area contributed by atoms with Crippen molar-refractivity contribution >= 4 is 51.1 Å². The lowest BCUT2D eigenvalue weighted by molar-refractivity contribution is -0.115. The molecule has 0 radical (unpaired) electrons. The number of thiophene rings is 1. The van der Waals surface area contributed by atoms with Gasteiger partial charge in [-0.3, -0.25) is 9.69 Å². The molecule has 1 amide bonds. The minimum absolute atomic E-state index is 0.215. The SMILES string of the molecule is CCOC(=O)c1c(NC(=O)[C@H](C)Sc2nc3ccccc3o2)sc2c1CCN(Cc1ccccc1)C2. The summed E-state index contributed by atoms with van der Waals surface area (Å²) in [5.74, 6) is -0.603. The van der Waals surface area contributed by atoms with Gasteiger partial charge in [0.1, 0.15) is 10.5 Å². The molecule has 4 aromatic rings. The van der Waals surface area contributed by atoms with Gasteiger partial charge in [0.05, 0.1) is 17.4 Å². The highest BCUT2D eigenvalue weighted by molar-refractivity contribution is 8.00. The average molecular weight is 522 g/mol. The van der Waals surface area contributed by atoms with E-state index in [1.165, 1.54) is 28.7 Å². The number of amides is 1. The van der Waals surface area contributed by atoms with E-state index in [1.807, 2.05) is 42.5 Å². The van der Waals surface area contributed by atoms with E-state index in [9.17, 15) is 9.59 Å². The quantitative estimate of drug-likeness (QED) is 0.234. The third kappa shape index (κ3) is 5.33. The molecule has 1 atom stereocenters. The van der Waals surface area contributed by atoms with Crippen LogP contribution in [0.5, 0.6) is 0 Å². The molecule has 0 spiro atoms. The van der Waals surface area contributed by atoms with E-state index in [-0.39, 0.29) is 18.5 Å². The zero-order chi connectivity index (χ0) is 25.1. The maximum Gasteiger partial charge on any atom is 0.341 e. The van der Waals surface area contributed by atoms with Crippen molar-refractivity contribution in [2.45, 2.75) is 43.8 Å². The van der Waals surface area contributed by atoms with E-state index in [2.05, 4.69) is 27.3 Å². The van der Waals surface area contributed by atoms with Gasteiger partial charge in [0.25, 0.3) is 5.22 Å². The van der Waals surface area contributed by atoms with Crippen molar-refractivity contribution in [1.82, 2.24) is 9.88 Å². The topological polar surface area (TPSA) is 84.7 Å². The molecule has 3 heterocycles. The Hall–Kier alpha value is -3.14. The van der Waals surface area contributed by atoms with E-state index in [0.717, 1.165) is 42.0 Å². The standard InChI is InChI=1S/C27H27N3O4S2/c1-3-33-26(32)23-19-13-14-30(15-18-9-5-4-6-10-18)16-22(19)36-25(23)29-24(31)17(2)35-27-28-20-11-7-8-12-21(20)34-27/h4-12,17H,3,13-16H2,1-2H3,(H,29,31)/t17-/m0/s1. The maximum absolute atomic E-state index is 13.1. The highest BCUT2D eigenvalue weighted by Gasteiger charge is 2.30. The lowest BCUT2D eigenvalue weighted by atomic mass is 10.0.